The van der Waals surface area contributed by atoms with Gasteiger partial charge >= 0.3 is 0 Å². The summed E-state index contributed by atoms with van der Waals surface area (Å²) in [6.07, 6.45) is 9.32. The minimum atomic E-state index is 1.10. The molecule has 0 bridgehead atoms. The number of hydrogen-bond acceptors (Lipinski definition) is 3. The number of hydrogen-bond donors (Lipinski definition) is 0. The number of nitrogens with zero attached hydrogens (tertiary/aromatic N) is 4. The maximum absolute atomic E-state index is 4.72. The monoisotopic (exact) mass is 358 g/mol. The van der Waals surface area contributed by atoms with Crippen molar-refractivity contribution in [2.75, 3.05) is 36.0 Å². The van der Waals surface area contributed by atoms with Gasteiger partial charge < -0.3 is 14.4 Å². The highest BCUT2D eigenvalue weighted by Crippen LogP contribution is 2.27. The van der Waals surface area contributed by atoms with Crippen LogP contribution in [0.1, 0.15) is 25.7 Å². The topological polar surface area (TPSA) is 24.3 Å². The van der Waals surface area contributed by atoms with Gasteiger partial charge in [0.1, 0.15) is 5.82 Å². The van der Waals surface area contributed by atoms with E-state index in [0.29, 0.717) is 0 Å². The Bertz CT molecular complexity index is 809. The van der Waals surface area contributed by atoms with E-state index in [2.05, 4.69) is 69.1 Å². The molecule has 4 nitrogen and oxygen atoms in total. The molecule has 2 aromatic heterocycles. The molecule has 2 aliphatic heterocycles. The summed E-state index contributed by atoms with van der Waals surface area (Å²) in [6, 6.07) is 17.6. The quantitative estimate of drug-likeness (QED) is 0.673. The average Bonchev–Trinajstić information content (AvgIpc) is 3.51. The van der Waals surface area contributed by atoms with Crippen molar-refractivity contribution >= 4 is 11.5 Å². The van der Waals surface area contributed by atoms with Crippen molar-refractivity contribution in [2.24, 2.45) is 0 Å². The van der Waals surface area contributed by atoms with Gasteiger partial charge in [-0.2, -0.15) is 0 Å². The van der Waals surface area contributed by atoms with Crippen LogP contribution in [0.25, 0.3) is 16.9 Å². The van der Waals surface area contributed by atoms with Gasteiger partial charge in [0.25, 0.3) is 0 Å². The highest BCUT2D eigenvalue weighted by molar-refractivity contribution is 5.64. The largest absolute Gasteiger partial charge is 0.372 e. The van der Waals surface area contributed by atoms with Crippen LogP contribution in [0, 0.1) is 0 Å². The molecule has 2 saturated heterocycles. The number of rotatable bonds is 4. The van der Waals surface area contributed by atoms with Crippen LogP contribution in [0.4, 0.5) is 11.5 Å². The standard InChI is InChI=1S/C23H26N4/c1-2-14-25(13-1)20-8-10-21(11-9-20)27-17-5-6-22(27)19-7-12-23(24-18-19)26-15-3-4-16-26/h5-12,17-18H,1-4,13-16H2. The number of aromatic nitrogens is 2. The van der Waals surface area contributed by atoms with Gasteiger partial charge in [-0.1, -0.05) is 0 Å². The second-order valence-corrected chi connectivity index (χ2v) is 7.57. The van der Waals surface area contributed by atoms with Crippen molar-refractivity contribution < 1.29 is 0 Å². The molecule has 5 rings (SSSR count). The predicted octanol–water partition coefficient (Wildman–Crippen LogP) is 4.74. The third-order valence-electron chi connectivity index (χ3n) is 5.82. The fourth-order valence-electron chi connectivity index (χ4n) is 4.31. The van der Waals surface area contributed by atoms with E-state index in [9.17, 15) is 0 Å². The molecule has 4 heterocycles. The molecule has 27 heavy (non-hydrogen) atoms. The molecule has 2 fully saturated rings. The van der Waals surface area contributed by atoms with E-state index >= 15 is 0 Å². The Labute approximate surface area is 161 Å². The Morgan fingerprint density at radius 1 is 0.667 bits per heavy atom. The smallest absolute Gasteiger partial charge is 0.128 e. The Hall–Kier alpha value is -2.75. The molecule has 0 N–H and O–H groups in total. The average molecular weight is 358 g/mol. The lowest BCUT2D eigenvalue weighted by atomic mass is 10.2. The summed E-state index contributed by atoms with van der Waals surface area (Å²) >= 11 is 0. The van der Waals surface area contributed by atoms with Gasteiger partial charge in [-0.25, -0.2) is 4.98 Å². The highest BCUT2D eigenvalue weighted by Gasteiger charge is 2.15. The first-order valence-corrected chi connectivity index (χ1v) is 10.1. The summed E-state index contributed by atoms with van der Waals surface area (Å²) in [5.41, 5.74) is 4.87. The number of benzene rings is 1. The fourth-order valence-corrected chi connectivity index (χ4v) is 4.31. The summed E-state index contributed by atoms with van der Waals surface area (Å²) in [5.74, 6) is 1.10. The zero-order chi connectivity index (χ0) is 18.1. The van der Waals surface area contributed by atoms with Crippen LogP contribution in [0.5, 0.6) is 0 Å². The molecule has 1 aromatic carbocycles. The van der Waals surface area contributed by atoms with Crippen molar-refractivity contribution in [3.63, 3.8) is 0 Å². The molecule has 0 saturated carbocycles. The molecule has 2 aliphatic rings. The van der Waals surface area contributed by atoms with Crippen molar-refractivity contribution in [3.8, 4) is 16.9 Å². The molecular weight excluding hydrogens is 332 g/mol. The molecule has 138 valence electrons. The van der Waals surface area contributed by atoms with Crippen LogP contribution in [0.3, 0.4) is 0 Å². The first kappa shape index (κ1) is 16.4. The molecule has 0 unspecified atom stereocenters. The van der Waals surface area contributed by atoms with E-state index in [-0.39, 0.29) is 0 Å². The van der Waals surface area contributed by atoms with Gasteiger partial charge in [0.05, 0.1) is 5.69 Å². The van der Waals surface area contributed by atoms with Crippen molar-refractivity contribution in [3.05, 3.63) is 60.9 Å². The van der Waals surface area contributed by atoms with Crippen molar-refractivity contribution in [2.45, 2.75) is 25.7 Å². The van der Waals surface area contributed by atoms with Gasteiger partial charge in [-0.15, -0.1) is 0 Å². The summed E-state index contributed by atoms with van der Waals surface area (Å²) in [7, 11) is 0. The van der Waals surface area contributed by atoms with Crippen LogP contribution in [0.2, 0.25) is 0 Å². The molecular formula is C23H26N4. The minimum absolute atomic E-state index is 1.10. The summed E-state index contributed by atoms with van der Waals surface area (Å²) in [4.78, 5) is 9.57. The molecule has 3 aromatic rings. The Kier molecular flexibility index (Phi) is 4.32. The lowest BCUT2D eigenvalue weighted by molar-refractivity contribution is 0.937. The zero-order valence-corrected chi connectivity index (χ0v) is 15.7. The van der Waals surface area contributed by atoms with E-state index < -0.39 is 0 Å². The molecule has 0 aliphatic carbocycles. The third kappa shape index (κ3) is 3.20. The van der Waals surface area contributed by atoms with E-state index in [1.165, 1.54) is 55.8 Å². The summed E-state index contributed by atoms with van der Waals surface area (Å²) in [6.45, 7) is 4.63. The molecule has 0 radical (unpaired) electrons. The van der Waals surface area contributed by atoms with Gasteiger partial charge in [-0.3, -0.25) is 0 Å². The van der Waals surface area contributed by atoms with Crippen LogP contribution >= 0.6 is 0 Å². The summed E-state index contributed by atoms with van der Waals surface area (Å²) < 4.78 is 2.25. The maximum Gasteiger partial charge on any atom is 0.128 e. The fraction of sp³-hybridized carbons (Fsp3) is 0.348. The third-order valence-corrected chi connectivity index (χ3v) is 5.82. The molecule has 0 amide bonds. The van der Waals surface area contributed by atoms with Gasteiger partial charge in [0.15, 0.2) is 0 Å². The highest BCUT2D eigenvalue weighted by atomic mass is 15.2. The molecule has 0 spiro atoms. The zero-order valence-electron chi connectivity index (χ0n) is 15.7. The van der Waals surface area contributed by atoms with Crippen molar-refractivity contribution in [1.82, 2.24) is 9.55 Å². The van der Waals surface area contributed by atoms with Gasteiger partial charge in [0.2, 0.25) is 0 Å². The van der Waals surface area contributed by atoms with E-state index in [4.69, 9.17) is 4.98 Å². The van der Waals surface area contributed by atoms with E-state index in [0.717, 1.165) is 24.5 Å². The number of pyridine rings is 1. The summed E-state index contributed by atoms with van der Waals surface area (Å²) in [5, 5.41) is 0. The lowest BCUT2D eigenvalue weighted by Crippen LogP contribution is -2.18. The normalized spacial score (nSPS) is 17.0. The Morgan fingerprint density at radius 2 is 1.33 bits per heavy atom. The van der Waals surface area contributed by atoms with E-state index in [1.54, 1.807) is 0 Å². The second-order valence-electron chi connectivity index (χ2n) is 7.57. The van der Waals surface area contributed by atoms with Gasteiger partial charge in [0, 0.05) is 55.5 Å². The Balaban J connectivity index is 1.40. The first-order valence-electron chi connectivity index (χ1n) is 10.1. The van der Waals surface area contributed by atoms with Crippen LogP contribution in [-0.4, -0.2) is 35.7 Å². The van der Waals surface area contributed by atoms with E-state index in [1.807, 2.05) is 6.20 Å². The SMILES string of the molecule is c1cc(-c2ccc(N3CCCC3)nc2)n(-c2ccc(N3CCCC3)cc2)c1. The van der Waals surface area contributed by atoms with Crippen LogP contribution < -0.4 is 9.80 Å². The minimum Gasteiger partial charge on any atom is -0.372 e. The van der Waals surface area contributed by atoms with Crippen LogP contribution in [0.15, 0.2) is 60.9 Å². The molecule has 4 heteroatoms. The maximum atomic E-state index is 4.72. The number of anilines is 2. The van der Waals surface area contributed by atoms with Crippen molar-refractivity contribution in [1.29, 1.82) is 0 Å². The molecule has 0 atom stereocenters. The Morgan fingerprint density at radius 3 is 2.00 bits per heavy atom. The van der Waals surface area contributed by atoms with Crippen LogP contribution in [-0.2, 0) is 0 Å². The lowest BCUT2D eigenvalue weighted by Gasteiger charge is -2.18. The first-order chi connectivity index (χ1) is 13.4. The van der Waals surface area contributed by atoms with Gasteiger partial charge in [-0.05, 0) is 74.2 Å². The predicted molar refractivity (Wildman–Crippen MR) is 112 cm³/mol. The second kappa shape index (κ2) is 7.10.